The molecule has 2 aliphatic heterocycles. The number of fused-ring (bicyclic) bond motifs is 2. The Morgan fingerprint density at radius 2 is 1.67 bits per heavy atom. The summed E-state index contributed by atoms with van der Waals surface area (Å²) in [6.45, 7) is 2.09. The highest BCUT2D eigenvalue weighted by atomic mass is 16.3. The molecule has 1 aromatic rings. The van der Waals surface area contributed by atoms with Crippen LogP contribution in [0.3, 0.4) is 0 Å². The number of rotatable bonds is 1. The summed E-state index contributed by atoms with van der Waals surface area (Å²) in [5.41, 5.74) is 1.77. The molecule has 0 aliphatic carbocycles. The van der Waals surface area contributed by atoms with Crippen LogP contribution in [0.2, 0.25) is 0 Å². The van der Waals surface area contributed by atoms with Crippen LogP contribution in [0, 0.1) is 6.92 Å². The van der Waals surface area contributed by atoms with Crippen LogP contribution < -0.4 is 0 Å². The quantitative estimate of drug-likeness (QED) is 0.822. The Kier molecular flexibility index (Phi) is 2.95. The Balaban J connectivity index is 1.89. The van der Waals surface area contributed by atoms with Crippen LogP contribution in [0.25, 0.3) is 0 Å². The fourth-order valence-electron chi connectivity index (χ4n) is 3.75. The van der Waals surface area contributed by atoms with E-state index in [1.807, 2.05) is 0 Å². The molecule has 98 valence electrons. The second-order valence-electron chi connectivity index (χ2n) is 6.21. The summed E-state index contributed by atoms with van der Waals surface area (Å²) in [6, 6.07) is 9.56. The van der Waals surface area contributed by atoms with E-state index < -0.39 is 5.60 Å². The molecule has 0 spiro atoms. The molecule has 1 N–H and O–H groups in total. The molecule has 2 heterocycles. The van der Waals surface area contributed by atoms with Crippen molar-refractivity contribution in [3.63, 3.8) is 0 Å². The average Bonchev–Trinajstić information content (AvgIpc) is 2.32. The Morgan fingerprint density at radius 1 is 1.11 bits per heavy atom. The van der Waals surface area contributed by atoms with Crippen LogP contribution in [-0.4, -0.2) is 29.1 Å². The molecule has 2 unspecified atom stereocenters. The van der Waals surface area contributed by atoms with Crippen molar-refractivity contribution in [3.8, 4) is 0 Å². The monoisotopic (exact) mass is 245 g/mol. The van der Waals surface area contributed by atoms with Crippen molar-refractivity contribution >= 4 is 0 Å². The predicted molar refractivity (Wildman–Crippen MR) is 73.5 cm³/mol. The Hall–Kier alpha value is -0.860. The molecule has 2 nitrogen and oxygen atoms in total. The highest BCUT2D eigenvalue weighted by Gasteiger charge is 2.44. The molecule has 1 aromatic carbocycles. The Labute approximate surface area is 110 Å². The van der Waals surface area contributed by atoms with E-state index in [-0.39, 0.29) is 0 Å². The lowest BCUT2D eigenvalue weighted by Gasteiger charge is -2.50. The second kappa shape index (κ2) is 4.36. The summed E-state index contributed by atoms with van der Waals surface area (Å²) in [7, 11) is 2.23. The number of nitrogens with zero attached hydrogens (tertiary/aromatic N) is 1. The molecule has 0 radical (unpaired) electrons. The van der Waals surface area contributed by atoms with Gasteiger partial charge in [-0.15, -0.1) is 0 Å². The standard InChI is InChI=1S/C16H23NO/c1-12-6-8-13(9-7-12)16(18)10-14-4-3-5-15(11-16)17(14)2/h6-9,14-15,18H,3-5,10-11H2,1-2H3. The van der Waals surface area contributed by atoms with Gasteiger partial charge in [-0.3, -0.25) is 0 Å². The van der Waals surface area contributed by atoms with Gasteiger partial charge in [-0.1, -0.05) is 36.2 Å². The minimum absolute atomic E-state index is 0.559. The maximum atomic E-state index is 11.0. The number of hydrogen-bond acceptors (Lipinski definition) is 2. The highest BCUT2D eigenvalue weighted by molar-refractivity contribution is 5.28. The van der Waals surface area contributed by atoms with Gasteiger partial charge in [-0.25, -0.2) is 0 Å². The van der Waals surface area contributed by atoms with E-state index in [9.17, 15) is 5.11 Å². The highest BCUT2D eigenvalue weighted by Crippen LogP contribution is 2.43. The first-order valence-corrected chi connectivity index (χ1v) is 7.10. The maximum absolute atomic E-state index is 11.0. The zero-order chi connectivity index (χ0) is 12.8. The van der Waals surface area contributed by atoms with Crippen LogP contribution in [0.4, 0.5) is 0 Å². The third-order valence-electron chi connectivity index (χ3n) is 4.96. The van der Waals surface area contributed by atoms with Gasteiger partial charge in [0.2, 0.25) is 0 Å². The molecule has 0 aromatic heterocycles. The number of hydrogen-bond donors (Lipinski definition) is 1. The lowest BCUT2D eigenvalue weighted by atomic mass is 9.73. The van der Waals surface area contributed by atoms with E-state index in [0.717, 1.165) is 18.4 Å². The summed E-state index contributed by atoms with van der Waals surface area (Å²) in [4.78, 5) is 2.49. The second-order valence-corrected chi connectivity index (χ2v) is 6.21. The number of piperidine rings is 2. The fraction of sp³-hybridized carbons (Fsp3) is 0.625. The molecule has 2 bridgehead atoms. The molecule has 0 amide bonds. The largest absolute Gasteiger partial charge is 0.385 e. The van der Waals surface area contributed by atoms with Gasteiger partial charge in [-0.05, 0) is 45.2 Å². The molecule has 2 atom stereocenters. The molecule has 2 heteroatoms. The molecular formula is C16H23NO. The van der Waals surface area contributed by atoms with Gasteiger partial charge in [0.25, 0.3) is 0 Å². The van der Waals surface area contributed by atoms with Gasteiger partial charge >= 0.3 is 0 Å². The number of benzene rings is 1. The zero-order valence-corrected chi connectivity index (χ0v) is 11.4. The van der Waals surface area contributed by atoms with E-state index in [1.165, 1.54) is 24.8 Å². The van der Waals surface area contributed by atoms with E-state index >= 15 is 0 Å². The fourth-order valence-corrected chi connectivity index (χ4v) is 3.75. The van der Waals surface area contributed by atoms with Crippen molar-refractivity contribution in [2.45, 2.75) is 56.7 Å². The molecule has 18 heavy (non-hydrogen) atoms. The van der Waals surface area contributed by atoms with Gasteiger partial charge in [0, 0.05) is 12.1 Å². The SMILES string of the molecule is Cc1ccc(C2(O)CC3CCCC(C2)N3C)cc1. The molecule has 2 saturated heterocycles. The van der Waals surface area contributed by atoms with Crippen LogP contribution in [0.1, 0.15) is 43.2 Å². The normalized spacial score (nSPS) is 36.6. The van der Waals surface area contributed by atoms with Crippen molar-refractivity contribution in [1.82, 2.24) is 4.90 Å². The molecule has 3 rings (SSSR count). The molecular weight excluding hydrogens is 222 g/mol. The van der Waals surface area contributed by atoms with Crippen LogP contribution in [-0.2, 0) is 5.60 Å². The topological polar surface area (TPSA) is 23.5 Å². The molecule has 2 aliphatic rings. The summed E-state index contributed by atoms with van der Waals surface area (Å²) >= 11 is 0. The first kappa shape index (κ1) is 12.2. The Bertz CT molecular complexity index is 411. The lowest BCUT2D eigenvalue weighted by Crippen LogP contribution is -2.55. The van der Waals surface area contributed by atoms with Crippen molar-refractivity contribution < 1.29 is 5.11 Å². The third-order valence-corrected chi connectivity index (χ3v) is 4.96. The van der Waals surface area contributed by atoms with Crippen molar-refractivity contribution in [2.24, 2.45) is 0 Å². The molecule has 0 saturated carbocycles. The maximum Gasteiger partial charge on any atom is 0.0926 e. The zero-order valence-electron chi connectivity index (χ0n) is 11.4. The van der Waals surface area contributed by atoms with Crippen molar-refractivity contribution in [2.75, 3.05) is 7.05 Å². The molecule has 2 fully saturated rings. The summed E-state index contributed by atoms with van der Waals surface area (Å²) in [6.07, 6.45) is 5.58. The van der Waals surface area contributed by atoms with Crippen molar-refractivity contribution in [1.29, 1.82) is 0 Å². The van der Waals surface area contributed by atoms with Gasteiger partial charge in [-0.2, -0.15) is 0 Å². The van der Waals surface area contributed by atoms with Gasteiger partial charge in [0.05, 0.1) is 5.60 Å². The number of aliphatic hydroxyl groups is 1. The van der Waals surface area contributed by atoms with E-state index in [0.29, 0.717) is 12.1 Å². The minimum Gasteiger partial charge on any atom is -0.385 e. The van der Waals surface area contributed by atoms with Gasteiger partial charge < -0.3 is 10.0 Å². The van der Waals surface area contributed by atoms with E-state index in [1.54, 1.807) is 0 Å². The van der Waals surface area contributed by atoms with Gasteiger partial charge in [0.1, 0.15) is 0 Å². The Morgan fingerprint density at radius 3 is 2.22 bits per heavy atom. The van der Waals surface area contributed by atoms with E-state index in [2.05, 4.69) is 43.1 Å². The first-order chi connectivity index (χ1) is 8.58. The summed E-state index contributed by atoms with van der Waals surface area (Å²) < 4.78 is 0. The minimum atomic E-state index is -0.601. The lowest BCUT2D eigenvalue weighted by molar-refractivity contribution is -0.0874. The number of aryl methyl sites for hydroxylation is 1. The summed E-state index contributed by atoms with van der Waals surface area (Å²) in [5.74, 6) is 0. The third kappa shape index (κ3) is 1.98. The predicted octanol–water partition coefficient (Wildman–Crippen LogP) is 2.83. The van der Waals surface area contributed by atoms with Gasteiger partial charge in [0.15, 0.2) is 0 Å². The average molecular weight is 245 g/mol. The van der Waals surface area contributed by atoms with Crippen LogP contribution >= 0.6 is 0 Å². The van der Waals surface area contributed by atoms with E-state index in [4.69, 9.17) is 0 Å². The van der Waals surface area contributed by atoms with Crippen molar-refractivity contribution in [3.05, 3.63) is 35.4 Å². The summed E-state index contributed by atoms with van der Waals surface area (Å²) in [5, 5.41) is 11.0. The smallest absolute Gasteiger partial charge is 0.0926 e. The first-order valence-electron chi connectivity index (χ1n) is 7.10. The van der Waals surface area contributed by atoms with Crippen LogP contribution in [0.5, 0.6) is 0 Å². The van der Waals surface area contributed by atoms with Crippen LogP contribution in [0.15, 0.2) is 24.3 Å².